The fourth-order valence-electron chi connectivity index (χ4n) is 1.90. The summed E-state index contributed by atoms with van der Waals surface area (Å²) in [4.78, 5) is 7.96. The summed E-state index contributed by atoms with van der Waals surface area (Å²) in [6.45, 7) is 4.32. The van der Waals surface area contributed by atoms with Crippen molar-refractivity contribution in [1.82, 2.24) is 9.97 Å². The van der Waals surface area contributed by atoms with Crippen LogP contribution in [0.1, 0.15) is 36.5 Å². The monoisotopic (exact) mass is 254 g/mol. The molecular weight excluding hydrogens is 236 g/mol. The normalized spacial score (nSPS) is 11.2. The van der Waals surface area contributed by atoms with Crippen LogP contribution in [0.5, 0.6) is 5.75 Å². The minimum Gasteiger partial charge on any atom is -0.496 e. The molecule has 19 heavy (non-hydrogen) atoms. The van der Waals surface area contributed by atoms with E-state index in [9.17, 15) is 0 Å². The zero-order valence-electron chi connectivity index (χ0n) is 11.5. The Kier molecular flexibility index (Phi) is 4.29. The van der Waals surface area contributed by atoms with Crippen LogP contribution in [0.25, 0.3) is 12.2 Å². The minimum absolute atomic E-state index is 0.454. The van der Waals surface area contributed by atoms with Gasteiger partial charge in [0.2, 0.25) is 0 Å². The third-order valence-electron chi connectivity index (χ3n) is 2.93. The van der Waals surface area contributed by atoms with Crippen LogP contribution in [0, 0.1) is 0 Å². The molecule has 0 spiro atoms. The van der Waals surface area contributed by atoms with Crippen LogP contribution in [-0.2, 0) is 0 Å². The lowest BCUT2D eigenvalue weighted by Crippen LogP contribution is -1.94. The molecule has 98 valence electrons. The number of rotatable bonds is 4. The second kappa shape index (κ2) is 6.14. The molecule has 0 aliphatic rings. The fourth-order valence-corrected chi connectivity index (χ4v) is 1.90. The van der Waals surface area contributed by atoms with E-state index in [0.717, 1.165) is 16.9 Å². The standard InChI is InChI=1S/C16H18N2O/c1-12(2)15-7-6-13(8-16(15)19-3)4-5-14-9-17-11-18-10-14/h4-12H,1-3H3/b5-4+. The number of benzene rings is 1. The summed E-state index contributed by atoms with van der Waals surface area (Å²) < 4.78 is 5.44. The van der Waals surface area contributed by atoms with E-state index >= 15 is 0 Å². The molecule has 0 saturated heterocycles. The van der Waals surface area contributed by atoms with Crippen molar-refractivity contribution >= 4 is 12.2 Å². The third-order valence-corrected chi connectivity index (χ3v) is 2.93. The molecule has 0 bridgehead atoms. The van der Waals surface area contributed by atoms with E-state index < -0.39 is 0 Å². The van der Waals surface area contributed by atoms with Gasteiger partial charge in [0.1, 0.15) is 12.1 Å². The number of ether oxygens (including phenoxy) is 1. The molecule has 0 aliphatic carbocycles. The van der Waals surface area contributed by atoms with Crippen molar-refractivity contribution < 1.29 is 4.74 Å². The predicted octanol–water partition coefficient (Wildman–Crippen LogP) is 3.78. The zero-order chi connectivity index (χ0) is 13.7. The first-order valence-electron chi connectivity index (χ1n) is 6.31. The molecule has 0 atom stereocenters. The van der Waals surface area contributed by atoms with Crippen LogP contribution < -0.4 is 4.74 Å². The maximum Gasteiger partial charge on any atom is 0.122 e. The van der Waals surface area contributed by atoms with Crippen molar-refractivity contribution in [2.24, 2.45) is 0 Å². The lowest BCUT2D eigenvalue weighted by molar-refractivity contribution is 0.407. The molecule has 0 amide bonds. The van der Waals surface area contributed by atoms with Gasteiger partial charge in [0, 0.05) is 18.0 Å². The predicted molar refractivity (Wildman–Crippen MR) is 78.0 cm³/mol. The van der Waals surface area contributed by atoms with Gasteiger partial charge in [-0.3, -0.25) is 0 Å². The first kappa shape index (κ1) is 13.3. The molecule has 0 radical (unpaired) electrons. The number of hydrogen-bond acceptors (Lipinski definition) is 3. The molecule has 1 aromatic heterocycles. The highest BCUT2D eigenvalue weighted by Crippen LogP contribution is 2.27. The van der Waals surface area contributed by atoms with Crippen molar-refractivity contribution in [3.05, 3.63) is 53.6 Å². The van der Waals surface area contributed by atoms with Gasteiger partial charge in [0.05, 0.1) is 7.11 Å². The van der Waals surface area contributed by atoms with E-state index in [0.29, 0.717) is 5.92 Å². The Balaban J connectivity index is 2.25. The van der Waals surface area contributed by atoms with E-state index in [1.165, 1.54) is 11.9 Å². The van der Waals surface area contributed by atoms with Crippen molar-refractivity contribution in [3.8, 4) is 5.75 Å². The van der Waals surface area contributed by atoms with Gasteiger partial charge in [0.15, 0.2) is 0 Å². The lowest BCUT2D eigenvalue weighted by Gasteiger charge is -2.12. The molecule has 0 N–H and O–H groups in total. The highest BCUT2D eigenvalue weighted by molar-refractivity contribution is 5.69. The first-order valence-corrected chi connectivity index (χ1v) is 6.31. The Morgan fingerprint density at radius 2 is 1.74 bits per heavy atom. The van der Waals surface area contributed by atoms with Gasteiger partial charge in [0.25, 0.3) is 0 Å². The van der Waals surface area contributed by atoms with Crippen LogP contribution in [0.4, 0.5) is 0 Å². The summed E-state index contributed by atoms with van der Waals surface area (Å²) >= 11 is 0. The van der Waals surface area contributed by atoms with Crippen molar-refractivity contribution in [2.75, 3.05) is 7.11 Å². The molecule has 0 unspecified atom stereocenters. The van der Waals surface area contributed by atoms with Crippen molar-refractivity contribution in [1.29, 1.82) is 0 Å². The fraction of sp³-hybridized carbons (Fsp3) is 0.250. The molecule has 3 heteroatoms. The van der Waals surface area contributed by atoms with E-state index in [-0.39, 0.29) is 0 Å². The van der Waals surface area contributed by atoms with Gasteiger partial charge in [-0.25, -0.2) is 9.97 Å². The van der Waals surface area contributed by atoms with Gasteiger partial charge in [-0.2, -0.15) is 0 Å². The Morgan fingerprint density at radius 1 is 1.05 bits per heavy atom. The van der Waals surface area contributed by atoms with Crippen molar-refractivity contribution in [2.45, 2.75) is 19.8 Å². The number of methoxy groups -OCH3 is 1. The second-order valence-corrected chi connectivity index (χ2v) is 4.66. The molecule has 0 fully saturated rings. The van der Waals surface area contributed by atoms with Crippen LogP contribution in [0.15, 0.2) is 36.9 Å². The topological polar surface area (TPSA) is 35.0 Å². The van der Waals surface area contributed by atoms with E-state index in [1.807, 2.05) is 12.2 Å². The maximum absolute atomic E-state index is 5.44. The highest BCUT2D eigenvalue weighted by atomic mass is 16.5. The Labute approximate surface area is 114 Å². The second-order valence-electron chi connectivity index (χ2n) is 4.66. The number of aromatic nitrogens is 2. The van der Waals surface area contributed by atoms with E-state index in [4.69, 9.17) is 4.74 Å². The van der Waals surface area contributed by atoms with E-state index in [1.54, 1.807) is 19.5 Å². The first-order chi connectivity index (χ1) is 9.20. The summed E-state index contributed by atoms with van der Waals surface area (Å²) in [7, 11) is 1.71. The summed E-state index contributed by atoms with van der Waals surface area (Å²) in [6, 6.07) is 6.26. The van der Waals surface area contributed by atoms with Crippen LogP contribution in [0.3, 0.4) is 0 Å². The average Bonchev–Trinajstić information content (AvgIpc) is 2.45. The van der Waals surface area contributed by atoms with Gasteiger partial charge in [-0.1, -0.05) is 38.1 Å². The lowest BCUT2D eigenvalue weighted by atomic mass is 10.00. The van der Waals surface area contributed by atoms with Gasteiger partial charge in [-0.05, 0) is 23.1 Å². The molecule has 0 saturated carbocycles. The summed E-state index contributed by atoms with van der Waals surface area (Å²) in [5.41, 5.74) is 3.31. The Hall–Kier alpha value is -2.16. The van der Waals surface area contributed by atoms with Gasteiger partial charge < -0.3 is 4.74 Å². The largest absolute Gasteiger partial charge is 0.496 e. The molecule has 3 nitrogen and oxygen atoms in total. The SMILES string of the molecule is COc1cc(/C=C/c2cncnc2)ccc1C(C)C. The summed E-state index contributed by atoms with van der Waals surface area (Å²) in [6.07, 6.45) is 9.11. The molecule has 0 aliphatic heterocycles. The van der Waals surface area contributed by atoms with Crippen molar-refractivity contribution in [3.63, 3.8) is 0 Å². The zero-order valence-corrected chi connectivity index (χ0v) is 11.5. The molecule has 2 aromatic rings. The van der Waals surface area contributed by atoms with Crippen LogP contribution in [0.2, 0.25) is 0 Å². The average molecular weight is 254 g/mol. The number of hydrogen-bond donors (Lipinski definition) is 0. The van der Waals surface area contributed by atoms with Gasteiger partial charge >= 0.3 is 0 Å². The van der Waals surface area contributed by atoms with E-state index in [2.05, 4.69) is 42.0 Å². The van der Waals surface area contributed by atoms with Crippen LogP contribution >= 0.6 is 0 Å². The minimum atomic E-state index is 0.454. The highest BCUT2D eigenvalue weighted by Gasteiger charge is 2.06. The van der Waals surface area contributed by atoms with Crippen LogP contribution in [-0.4, -0.2) is 17.1 Å². The smallest absolute Gasteiger partial charge is 0.122 e. The quantitative estimate of drug-likeness (QED) is 0.832. The molecular formula is C16H18N2O. The molecule has 1 aromatic carbocycles. The Morgan fingerprint density at radius 3 is 2.37 bits per heavy atom. The molecule has 2 rings (SSSR count). The third kappa shape index (κ3) is 3.41. The Bertz CT molecular complexity index is 562. The number of nitrogens with zero attached hydrogens (tertiary/aromatic N) is 2. The van der Waals surface area contributed by atoms with Gasteiger partial charge in [-0.15, -0.1) is 0 Å². The summed E-state index contributed by atoms with van der Waals surface area (Å²) in [5, 5.41) is 0. The molecule has 1 heterocycles. The maximum atomic E-state index is 5.44. The summed E-state index contributed by atoms with van der Waals surface area (Å²) in [5.74, 6) is 1.39.